The number of nitrogens with one attached hydrogen (secondary N) is 1. The maximum Gasteiger partial charge on any atom is 0.109 e. The van der Waals surface area contributed by atoms with Gasteiger partial charge in [0, 0.05) is 38.4 Å². The predicted molar refractivity (Wildman–Crippen MR) is 72.4 cm³/mol. The van der Waals surface area contributed by atoms with E-state index < -0.39 is 0 Å². The van der Waals surface area contributed by atoms with Crippen molar-refractivity contribution in [3.05, 3.63) is 40.6 Å². The van der Waals surface area contributed by atoms with Crippen LogP contribution in [0.25, 0.3) is 0 Å². The molecule has 0 radical (unpaired) electrons. The van der Waals surface area contributed by atoms with Crippen molar-refractivity contribution < 1.29 is 0 Å². The molecule has 92 valence electrons. The number of aromatic nitrogens is 2. The Kier molecular flexibility index (Phi) is 4.34. The molecule has 0 amide bonds. The van der Waals surface area contributed by atoms with Crippen LogP contribution in [0.3, 0.4) is 0 Å². The Balaban J connectivity index is 1.70. The second-order valence-corrected chi connectivity index (χ2v) is 5.18. The lowest BCUT2D eigenvalue weighted by atomic mass is 10.1. The van der Waals surface area contributed by atoms with Crippen molar-refractivity contribution in [2.75, 3.05) is 6.54 Å². The number of hydrogen-bond acceptors (Lipinski definition) is 3. The van der Waals surface area contributed by atoms with Gasteiger partial charge in [-0.15, -0.1) is 0 Å². The van der Waals surface area contributed by atoms with Crippen LogP contribution in [0.15, 0.2) is 29.2 Å². The number of rotatable bonds is 6. The van der Waals surface area contributed by atoms with Crippen molar-refractivity contribution >= 4 is 11.3 Å². The Morgan fingerprint density at radius 1 is 1.53 bits per heavy atom. The number of imidazole rings is 1. The molecule has 2 aromatic heterocycles. The topological polar surface area (TPSA) is 29.9 Å². The Morgan fingerprint density at radius 3 is 3.06 bits per heavy atom. The van der Waals surface area contributed by atoms with Gasteiger partial charge in [0.15, 0.2) is 0 Å². The summed E-state index contributed by atoms with van der Waals surface area (Å²) in [5.74, 6) is 1.14. The Labute approximate surface area is 107 Å². The molecule has 0 spiro atoms. The van der Waals surface area contributed by atoms with Gasteiger partial charge in [0.05, 0.1) is 0 Å². The quantitative estimate of drug-likeness (QED) is 0.851. The molecule has 0 aromatic carbocycles. The molecule has 17 heavy (non-hydrogen) atoms. The number of hydrogen-bond donors (Lipinski definition) is 1. The van der Waals surface area contributed by atoms with Gasteiger partial charge >= 0.3 is 0 Å². The lowest BCUT2D eigenvalue weighted by Gasteiger charge is -2.12. The second kappa shape index (κ2) is 5.98. The monoisotopic (exact) mass is 249 g/mol. The van der Waals surface area contributed by atoms with Crippen molar-refractivity contribution in [2.45, 2.75) is 25.8 Å². The Hall–Kier alpha value is -1.13. The number of nitrogens with zero attached hydrogens (tertiary/aromatic N) is 2. The Bertz CT molecular complexity index is 433. The van der Waals surface area contributed by atoms with Crippen LogP contribution in [0.1, 0.15) is 18.3 Å². The third-order valence-corrected chi connectivity index (χ3v) is 3.62. The molecule has 3 nitrogen and oxygen atoms in total. The van der Waals surface area contributed by atoms with Crippen LogP contribution in [0, 0.1) is 0 Å². The van der Waals surface area contributed by atoms with Gasteiger partial charge in [-0.3, -0.25) is 0 Å². The first-order valence-corrected chi connectivity index (χ1v) is 6.90. The number of thiophene rings is 1. The number of aryl methyl sites for hydroxylation is 1. The third-order valence-electron chi connectivity index (χ3n) is 2.88. The molecule has 2 rings (SSSR count). The smallest absolute Gasteiger partial charge is 0.109 e. The van der Waals surface area contributed by atoms with Crippen molar-refractivity contribution in [2.24, 2.45) is 7.05 Å². The summed E-state index contributed by atoms with van der Waals surface area (Å²) < 4.78 is 2.07. The SMILES string of the molecule is CC(Cc1ccsc1)NCCc1nccn1C. The summed E-state index contributed by atoms with van der Waals surface area (Å²) in [6.07, 6.45) is 5.93. The maximum atomic E-state index is 4.31. The summed E-state index contributed by atoms with van der Waals surface area (Å²) in [5, 5.41) is 7.89. The first-order chi connectivity index (χ1) is 8.25. The first kappa shape index (κ1) is 12.3. The molecule has 0 aliphatic carbocycles. The molecule has 0 saturated heterocycles. The standard InChI is InChI=1S/C13H19N3S/c1-11(9-12-4-8-17-10-12)14-5-3-13-15-6-7-16(13)2/h4,6-8,10-11,14H,3,5,9H2,1-2H3. The third kappa shape index (κ3) is 3.68. The first-order valence-electron chi connectivity index (χ1n) is 5.96. The highest BCUT2D eigenvalue weighted by atomic mass is 32.1. The van der Waals surface area contributed by atoms with Gasteiger partial charge in [0.1, 0.15) is 5.82 Å². The molecule has 2 heterocycles. The summed E-state index contributed by atoms with van der Waals surface area (Å²) >= 11 is 1.76. The average Bonchev–Trinajstić information content (AvgIpc) is 2.91. The van der Waals surface area contributed by atoms with Gasteiger partial charge in [0.25, 0.3) is 0 Å². The van der Waals surface area contributed by atoms with Crippen LogP contribution in [0.4, 0.5) is 0 Å². The van der Waals surface area contributed by atoms with Crippen LogP contribution in [-0.2, 0) is 19.9 Å². The van der Waals surface area contributed by atoms with Crippen molar-refractivity contribution in [3.8, 4) is 0 Å². The lowest BCUT2D eigenvalue weighted by molar-refractivity contribution is 0.540. The van der Waals surface area contributed by atoms with E-state index in [0.29, 0.717) is 6.04 Å². The molecular weight excluding hydrogens is 230 g/mol. The Morgan fingerprint density at radius 2 is 2.41 bits per heavy atom. The molecule has 0 aliphatic heterocycles. The van der Waals surface area contributed by atoms with Crippen LogP contribution >= 0.6 is 11.3 Å². The fourth-order valence-corrected chi connectivity index (χ4v) is 2.58. The largest absolute Gasteiger partial charge is 0.338 e. The minimum Gasteiger partial charge on any atom is -0.338 e. The molecule has 1 atom stereocenters. The van der Waals surface area contributed by atoms with E-state index >= 15 is 0 Å². The summed E-state index contributed by atoms with van der Waals surface area (Å²) in [6, 6.07) is 2.71. The van der Waals surface area contributed by atoms with Gasteiger partial charge < -0.3 is 9.88 Å². The zero-order valence-corrected chi connectivity index (χ0v) is 11.2. The van der Waals surface area contributed by atoms with E-state index in [2.05, 4.69) is 38.6 Å². The van der Waals surface area contributed by atoms with E-state index in [9.17, 15) is 0 Å². The lowest BCUT2D eigenvalue weighted by Crippen LogP contribution is -2.30. The van der Waals surface area contributed by atoms with Crippen molar-refractivity contribution in [3.63, 3.8) is 0 Å². The molecule has 1 N–H and O–H groups in total. The minimum atomic E-state index is 0.518. The predicted octanol–water partition coefficient (Wildman–Crippen LogP) is 2.24. The zero-order valence-electron chi connectivity index (χ0n) is 10.4. The fourth-order valence-electron chi connectivity index (χ4n) is 1.90. The summed E-state index contributed by atoms with van der Waals surface area (Å²) in [7, 11) is 2.04. The van der Waals surface area contributed by atoms with E-state index in [1.165, 1.54) is 5.56 Å². The van der Waals surface area contributed by atoms with Gasteiger partial charge in [-0.25, -0.2) is 4.98 Å². The molecule has 1 unspecified atom stereocenters. The van der Waals surface area contributed by atoms with E-state index in [0.717, 1.165) is 25.2 Å². The zero-order chi connectivity index (χ0) is 12.1. The highest BCUT2D eigenvalue weighted by molar-refractivity contribution is 7.07. The second-order valence-electron chi connectivity index (χ2n) is 4.40. The summed E-state index contributed by atoms with van der Waals surface area (Å²) in [6.45, 7) is 3.21. The highest BCUT2D eigenvalue weighted by Crippen LogP contribution is 2.08. The van der Waals surface area contributed by atoms with Crippen molar-refractivity contribution in [1.29, 1.82) is 0 Å². The molecule has 0 fully saturated rings. The summed E-state index contributed by atoms with van der Waals surface area (Å²) in [4.78, 5) is 4.31. The molecular formula is C13H19N3S. The van der Waals surface area contributed by atoms with Crippen LogP contribution in [-0.4, -0.2) is 22.1 Å². The molecule has 0 aliphatic rings. The van der Waals surface area contributed by atoms with Crippen LogP contribution in [0.5, 0.6) is 0 Å². The highest BCUT2D eigenvalue weighted by Gasteiger charge is 2.04. The minimum absolute atomic E-state index is 0.518. The van der Waals surface area contributed by atoms with E-state index in [4.69, 9.17) is 0 Å². The average molecular weight is 249 g/mol. The summed E-state index contributed by atoms with van der Waals surface area (Å²) in [5.41, 5.74) is 1.42. The van der Waals surface area contributed by atoms with Gasteiger partial charge in [-0.05, 0) is 35.7 Å². The van der Waals surface area contributed by atoms with E-state index in [-0.39, 0.29) is 0 Å². The van der Waals surface area contributed by atoms with Gasteiger partial charge in [-0.2, -0.15) is 11.3 Å². The van der Waals surface area contributed by atoms with Gasteiger partial charge in [-0.1, -0.05) is 0 Å². The van der Waals surface area contributed by atoms with Crippen LogP contribution in [0.2, 0.25) is 0 Å². The normalized spacial score (nSPS) is 12.8. The van der Waals surface area contributed by atoms with E-state index in [1.807, 2.05) is 19.4 Å². The maximum absolute atomic E-state index is 4.31. The van der Waals surface area contributed by atoms with Crippen LogP contribution < -0.4 is 5.32 Å². The van der Waals surface area contributed by atoms with Crippen molar-refractivity contribution in [1.82, 2.24) is 14.9 Å². The molecule has 2 aromatic rings. The molecule has 0 saturated carbocycles. The molecule has 0 bridgehead atoms. The van der Waals surface area contributed by atoms with E-state index in [1.54, 1.807) is 11.3 Å². The fraction of sp³-hybridized carbons (Fsp3) is 0.462. The van der Waals surface area contributed by atoms with Gasteiger partial charge in [0.2, 0.25) is 0 Å². The molecule has 4 heteroatoms.